The zero-order valence-corrected chi connectivity index (χ0v) is 11.5. The summed E-state index contributed by atoms with van der Waals surface area (Å²) in [7, 11) is 0. The minimum atomic E-state index is -4.56. The molecule has 0 bridgehead atoms. The number of hydrogen-bond donors (Lipinski definition) is 1. The van der Waals surface area contributed by atoms with E-state index >= 15 is 0 Å². The number of aromatic nitrogens is 3. The summed E-state index contributed by atoms with van der Waals surface area (Å²) in [5.74, 6) is 0.0738. The number of rotatable bonds is 4. The lowest BCUT2D eigenvalue weighted by atomic mass is 10.3. The van der Waals surface area contributed by atoms with Gasteiger partial charge in [-0.05, 0) is 24.8 Å². The lowest BCUT2D eigenvalue weighted by Crippen LogP contribution is -2.24. The Hall–Kier alpha value is -2.38. The number of nitrogens with one attached hydrogen (secondary N) is 1. The number of alkyl halides is 3. The standard InChI is InChI=1S/C14H13F3N4O/c15-14(16,17)11-5-7-18-12-8-10(20-21(11)12)13(22)19-6-1-2-9-3-4-9/h1-2,5,7-9H,3-4,6H2,(H,19,22)/b2-1+. The van der Waals surface area contributed by atoms with E-state index in [1.54, 1.807) is 0 Å². The van der Waals surface area contributed by atoms with Crippen molar-refractivity contribution in [2.24, 2.45) is 5.92 Å². The van der Waals surface area contributed by atoms with Crippen molar-refractivity contribution < 1.29 is 18.0 Å². The van der Waals surface area contributed by atoms with Crippen molar-refractivity contribution in [3.8, 4) is 0 Å². The first-order chi connectivity index (χ1) is 10.4. The van der Waals surface area contributed by atoms with Gasteiger partial charge in [-0.1, -0.05) is 12.2 Å². The molecule has 0 aliphatic heterocycles. The fourth-order valence-corrected chi connectivity index (χ4v) is 2.01. The van der Waals surface area contributed by atoms with Crippen LogP contribution in [-0.2, 0) is 6.18 Å². The molecular formula is C14H13F3N4O. The third-order valence-corrected chi connectivity index (χ3v) is 3.29. The molecule has 0 saturated heterocycles. The molecule has 0 atom stereocenters. The second-order valence-electron chi connectivity index (χ2n) is 5.10. The molecule has 116 valence electrons. The van der Waals surface area contributed by atoms with Crippen LogP contribution in [0.25, 0.3) is 5.65 Å². The molecule has 5 nitrogen and oxygen atoms in total. The summed E-state index contributed by atoms with van der Waals surface area (Å²) in [6.07, 6.45) is 2.68. The van der Waals surface area contributed by atoms with Crippen molar-refractivity contribution in [1.82, 2.24) is 19.9 Å². The van der Waals surface area contributed by atoms with Crippen LogP contribution in [0.4, 0.5) is 13.2 Å². The van der Waals surface area contributed by atoms with E-state index in [2.05, 4.69) is 15.4 Å². The second kappa shape index (κ2) is 5.43. The second-order valence-corrected chi connectivity index (χ2v) is 5.10. The van der Waals surface area contributed by atoms with Gasteiger partial charge in [-0.2, -0.15) is 18.3 Å². The molecule has 1 N–H and O–H groups in total. The summed E-state index contributed by atoms with van der Waals surface area (Å²) >= 11 is 0. The minimum Gasteiger partial charge on any atom is -0.347 e. The normalized spacial score (nSPS) is 15.6. The molecule has 1 saturated carbocycles. The Bertz CT molecular complexity index is 731. The van der Waals surface area contributed by atoms with Gasteiger partial charge in [0.1, 0.15) is 5.69 Å². The number of allylic oxidation sites excluding steroid dienone is 1. The van der Waals surface area contributed by atoms with E-state index in [0.717, 1.165) is 12.3 Å². The fraction of sp³-hybridized carbons (Fsp3) is 0.357. The van der Waals surface area contributed by atoms with Crippen molar-refractivity contribution in [2.45, 2.75) is 19.0 Å². The Labute approximate surface area is 123 Å². The van der Waals surface area contributed by atoms with Crippen LogP contribution >= 0.6 is 0 Å². The van der Waals surface area contributed by atoms with Gasteiger partial charge in [-0.15, -0.1) is 0 Å². The number of fused-ring (bicyclic) bond motifs is 1. The molecule has 0 aromatic carbocycles. The maximum atomic E-state index is 12.9. The molecule has 22 heavy (non-hydrogen) atoms. The van der Waals surface area contributed by atoms with Crippen LogP contribution in [0.15, 0.2) is 30.5 Å². The molecule has 3 rings (SSSR count). The molecule has 1 aliphatic rings. The summed E-state index contributed by atoms with van der Waals surface area (Å²) in [6.45, 7) is 0.322. The Morgan fingerprint density at radius 3 is 2.91 bits per heavy atom. The average Bonchev–Trinajstić information content (AvgIpc) is 3.17. The van der Waals surface area contributed by atoms with Gasteiger partial charge in [0.2, 0.25) is 0 Å². The van der Waals surface area contributed by atoms with E-state index in [4.69, 9.17) is 0 Å². The average molecular weight is 310 g/mol. The van der Waals surface area contributed by atoms with Crippen LogP contribution in [-0.4, -0.2) is 27.0 Å². The zero-order chi connectivity index (χ0) is 15.7. The zero-order valence-electron chi connectivity index (χ0n) is 11.5. The van der Waals surface area contributed by atoms with Crippen molar-refractivity contribution in [3.05, 3.63) is 41.9 Å². The monoisotopic (exact) mass is 310 g/mol. The lowest BCUT2D eigenvalue weighted by Gasteiger charge is -2.07. The molecule has 2 aromatic heterocycles. The molecule has 2 aromatic rings. The van der Waals surface area contributed by atoms with E-state index in [9.17, 15) is 18.0 Å². The number of carbonyl (C=O) groups excluding carboxylic acids is 1. The Kier molecular flexibility index (Phi) is 3.59. The third kappa shape index (κ3) is 3.10. The highest BCUT2D eigenvalue weighted by atomic mass is 19.4. The highest BCUT2D eigenvalue weighted by molar-refractivity contribution is 5.93. The summed E-state index contributed by atoms with van der Waals surface area (Å²) in [6, 6.07) is 2.05. The van der Waals surface area contributed by atoms with Crippen molar-refractivity contribution in [1.29, 1.82) is 0 Å². The Morgan fingerprint density at radius 1 is 1.45 bits per heavy atom. The third-order valence-electron chi connectivity index (χ3n) is 3.29. The molecule has 2 heterocycles. The molecule has 1 fully saturated rings. The number of amides is 1. The molecule has 1 aliphatic carbocycles. The van der Waals surface area contributed by atoms with Gasteiger partial charge in [-0.3, -0.25) is 4.79 Å². The summed E-state index contributed by atoms with van der Waals surface area (Å²) in [5, 5.41) is 6.29. The Balaban J connectivity index is 1.77. The quantitative estimate of drug-likeness (QED) is 0.883. The van der Waals surface area contributed by atoms with E-state index in [1.165, 1.54) is 18.9 Å². The Morgan fingerprint density at radius 2 is 2.23 bits per heavy atom. The first-order valence-corrected chi connectivity index (χ1v) is 6.82. The first kappa shape index (κ1) is 14.6. The summed E-state index contributed by atoms with van der Waals surface area (Å²) in [5.41, 5.74) is -1.08. The van der Waals surface area contributed by atoms with Crippen LogP contribution in [0.1, 0.15) is 29.0 Å². The molecule has 0 unspecified atom stereocenters. The summed E-state index contributed by atoms with van der Waals surface area (Å²) in [4.78, 5) is 15.7. The predicted octanol–water partition coefficient (Wildman–Crippen LogP) is 2.44. The van der Waals surface area contributed by atoms with Gasteiger partial charge in [0.05, 0.1) is 0 Å². The minimum absolute atomic E-state index is 0.0199. The van der Waals surface area contributed by atoms with Gasteiger partial charge < -0.3 is 5.32 Å². The molecule has 0 radical (unpaired) electrons. The van der Waals surface area contributed by atoms with Gasteiger partial charge in [0, 0.05) is 18.8 Å². The van der Waals surface area contributed by atoms with E-state index < -0.39 is 17.8 Å². The molecule has 1 amide bonds. The first-order valence-electron chi connectivity index (χ1n) is 6.82. The number of halogens is 3. The molecule has 8 heteroatoms. The van der Waals surface area contributed by atoms with Gasteiger partial charge in [0.25, 0.3) is 5.91 Å². The SMILES string of the molecule is O=C(NC/C=C/C1CC1)c1cc2nccc(C(F)(F)F)n2n1. The van der Waals surface area contributed by atoms with Crippen molar-refractivity contribution in [2.75, 3.05) is 6.54 Å². The largest absolute Gasteiger partial charge is 0.433 e. The number of hydrogen-bond acceptors (Lipinski definition) is 3. The summed E-state index contributed by atoms with van der Waals surface area (Å²) < 4.78 is 39.2. The fourth-order valence-electron chi connectivity index (χ4n) is 2.01. The van der Waals surface area contributed by atoms with Crippen LogP contribution in [0, 0.1) is 5.92 Å². The topological polar surface area (TPSA) is 59.3 Å². The highest BCUT2D eigenvalue weighted by Gasteiger charge is 2.34. The van der Waals surface area contributed by atoms with Gasteiger partial charge >= 0.3 is 6.18 Å². The van der Waals surface area contributed by atoms with Crippen LogP contribution in [0.5, 0.6) is 0 Å². The maximum absolute atomic E-state index is 12.9. The van der Waals surface area contributed by atoms with Gasteiger partial charge in [0.15, 0.2) is 11.3 Å². The van der Waals surface area contributed by atoms with Crippen molar-refractivity contribution in [3.63, 3.8) is 0 Å². The predicted molar refractivity (Wildman–Crippen MR) is 72.2 cm³/mol. The number of nitrogens with zero attached hydrogens (tertiary/aromatic N) is 3. The van der Waals surface area contributed by atoms with E-state index in [0.29, 0.717) is 17.0 Å². The number of carbonyl (C=O) groups is 1. The van der Waals surface area contributed by atoms with E-state index in [-0.39, 0.29) is 11.3 Å². The van der Waals surface area contributed by atoms with Crippen LogP contribution in [0.2, 0.25) is 0 Å². The molecule has 0 spiro atoms. The highest BCUT2D eigenvalue weighted by Crippen LogP contribution is 2.30. The van der Waals surface area contributed by atoms with Gasteiger partial charge in [-0.25, -0.2) is 9.50 Å². The van der Waals surface area contributed by atoms with Crippen LogP contribution < -0.4 is 5.32 Å². The smallest absolute Gasteiger partial charge is 0.347 e. The van der Waals surface area contributed by atoms with Crippen LogP contribution in [0.3, 0.4) is 0 Å². The maximum Gasteiger partial charge on any atom is 0.433 e. The van der Waals surface area contributed by atoms with E-state index in [1.807, 2.05) is 12.2 Å². The molecular weight excluding hydrogens is 297 g/mol. The lowest BCUT2D eigenvalue weighted by molar-refractivity contribution is -0.142. The van der Waals surface area contributed by atoms with Crippen molar-refractivity contribution >= 4 is 11.6 Å².